The van der Waals surface area contributed by atoms with Gasteiger partial charge in [-0.25, -0.2) is 15.2 Å². The Morgan fingerprint density at radius 3 is 2.75 bits per heavy atom. The van der Waals surface area contributed by atoms with Gasteiger partial charge in [0.25, 0.3) is 5.91 Å². The first kappa shape index (κ1) is 14.7. The number of anilines is 2. The molecule has 1 aromatic carbocycles. The van der Waals surface area contributed by atoms with Crippen LogP contribution < -0.4 is 16.6 Å². The number of hydrazine groups is 1. The average molecular weight is 360 g/mol. The van der Waals surface area contributed by atoms with Crippen molar-refractivity contribution in [3.63, 3.8) is 0 Å². The molecule has 1 aromatic heterocycles. The number of nitrogens with two attached hydrogens (primary N) is 1. The topological polar surface area (TPSA) is 80.0 Å². The Hall–Kier alpha value is -1.70. The molecular formula is C12H9BrClFN4O. The summed E-state index contributed by atoms with van der Waals surface area (Å²) in [6.45, 7) is 0. The molecule has 0 aliphatic carbocycles. The maximum absolute atomic E-state index is 13.2. The first-order valence-electron chi connectivity index (χ1n) is 5.39. The summed E-state index contributed by atoms with van der Waals surface area (Å²) in [6, 6.07) is 5.28. The van der Waals surface area contributed by atoms with Crippen LogP contribution >= 0.6 is 27.5 Å². The SMILES string of the molecule is NNc1ncc(Br)cc1C(=O)Nc1cc(F)cc(Cl)c1. The van der Waals surface area contributed by atoms with Crippen LogP contribution in [0.4, 0.5) is 15.9 Å². The van der Waals surface area contributed by atoms with Crippen LogP contribution in [0, 0.1) is 5.82 Å². The molecule has 104 valence electrons. The van der Waals surface area contributed by atoms with Crippen LogP contribution in [-0.2, 0) is 0 Å². The van der Waals surface area contributed by atoms with E-state index in [4.69, 9.17) is 17.4 Å². The lowest BCUT2D eigenvalue weighted by atomic mass is 10.2. The molecule has 0 atom stereocenters. The third-order valence-corrected chi connectivity index (χ3v) is 3.01. The van der Waals surface area contributed by atoms with E-state index in [0.717, 1.165) is 12.1 Å². The van der Waals surface area contributed by atoms with Crippen LogP contribution in [0.25, 0.3) is 0 Å². The lowest BCUT2D eigenvalue weighted by Gasteiger charge is -2.09. The predicted molar refractivity (Wildman–Crippen MR) is 79.1 cm³/mol. The molecule has 0 unspecified atom stereocenters. The molecule has 8 heteroatoms. The Kier molecular flexibility index (Phi) is 4.53. The number of carbonyl (C=O) groups is 1. The van der Waals surface area contributed by atoms with Crippen molar-refractivity contribution in [1.82, 2.24) is 4.98 Å². The summed E-state index contributed by atoms with van der Waals surface area (Å²) in [4.78, 5) is 16.1. The van der Waals surface area contributed by atoms with Crippen LogP contribution in [0.1, 0.15) is 10.4 Å². The molecule has 2 rings (SSSR count). The summed E-state index contributed by atoms with van der Waals surface area (Å²) in [5, 5.41) is 2.71. The molecule has 0 radical (unpaired) electrons. The molecule has 0 bridgehead atoms. The molecule has 1 heterocycles. The zero-order valence-electron chi connectivity index (χ0n) is 9.95. The minimum absolute atomic E-state index is 0.185. The smallest absolute Gasteiger partial charge is 0.259 e. The Morgan fingerprint density at radius 1 is 1.35 bits per heavy atom. The fraction of sp³-hybridized carbons (Fsp3) is 0. The van der Waals surface area contributed by atoms with E-state index in [1.165, 1.54) is 12.3 Å². The molecule has 2 aromatic rings. The Morgan fingerprint density at radius 2 is 2.10 bits per heavy atom. The van der Waals surface area contributed by atoms with Crippen molar-refractivity contribution in [3.8, 4) is 0 Å². The summed E-state index contributed by atoms with van der Waals surface area (Å²) in [6.07, 6.45) is 1.49. The highest BCUT2D eigenvalue weighted by atomic mass is 79.9. The molecular weight excluding hydrogens is 351 g/mol. The number of nitrogen functional groups attached to an aromatic ring is 1. The zero-order valence-corrected chi connectivity index (χ0v) is 12.3. The van der Waals surface area contributed by atoms with Crippen LogP contribution in [0.15, 0.2) is 34.9 Å². The second-order valence-electron chi connectivity index (χ2n) is 3.81. The van der Waals surface area contributed by atoms with Crippen LogP contribution in [0.3, 0.4) is 0 Å². The molecule has 0 saturated carbocycles. The van der Waals surface area contributed by atoms with Gasteiger partial charge in [0.2, 0.25) is 0 Å². The van der Waals surface area contributed by atoms with Crippen LogP contribution in [0.2, 0.25) is 5.02 Å². The first-order valence-corrected chi connectivity index (χ1v) is 6.56. The number of nitrogens with zero attached hydrogens (tertiary/aromatic N) is 1. The van der Waals surface area contributed by atoms with Crippen molar-refractivity contribution in [2.24, 2.45) is 5.84 Å². The minimum Gasteiger partial charge on any atom is -0.322 e. The number of hydrogen-bond acceptors (Lipinski definition) is 4. The molecule has 20 heavy (non-hydrogen) atoms. The lowest BCUT2D eigenvalue weighted by Crippen LogP contribution is -2.18. The second-order valence-corrected chi connectivity index (χ2v) is 5.16. The summed E-state index contributed by atoms with van der Waals surface area (Å²) in [7, 11) is 0. The van der Waals surface area contributed by atoms with Gasteiger partial charge in [-0.2, -0.15) is 0 Å². The maximum Gasteiger partial charge on any atom is 0.259 e. The molecule has 0 aliphatic rings. The molecule has 4 N–H and O–H groups in total. The summed E-state index contributed by atoms with van der Waals surface area (Å²) in [5.74, 6) is 4.46. The van der Waals surface area contributed by atoms with E-state index >= 15 is 0 Å². The highest BCUT2D eigenvalue weighted by Crippen LogP contribution is 2.21. The van der Waals surface area contributed by atoms with Crippen molar-refractivity contribution in [1.29, 1.82) is 0 Å². The Balaban J connectivity index is 2.30. The summed E-state index contributed by atoms with van der Waals surface area (Å²) in [5.41, 5.74) is 2.77. The van der Waals surface area contributed by atoms with Gasteiger partial charge in [0.15, 0.2) is 5.82 Å². The zero-order chi connectivity index (χ0) is 14.7. The summed E-state index contributed by atoms with van der Waals surface area (Å²) >= 11 is 8.93. The van der Waals surface area contributed by atoms with E-state index in [1.54, 1.807) is 6.07 Å². The summed E-state index contributed by atoms with van der Waals surface area (Å²) < 4.78 is 13.8. The second kappa shape index (κ2) is 6.17. The van der Waals surface area contributed by atoms with Crippen molar-refractivity contribution >= 4 is 44.9 Å². The van der Waals surface area contributed by atoms with E-state index in [9.17, 15) is 9.18 Å². The largest absolute Gasteiger partial charge is 0.322 e. The number of rotatable bonds is 3. The highest BCUT2D eigenvalue weighted by Gasteiger charge is 2.14. The quantitative estimate of drug-likeness (QED) is 0.581. The third-order valence-electron chi connectivity index (χ3n) is 2.36. The van der Waals surface area contributed by atoms with Crippen LogP contribution in [0.5, 0.6) is 0 Å². The van der Waals surface area contributed by atoms with Crippen molar-refractivity contribution in [2.75, 3.05) is 10.7 Å². The molecule has 0 spiro atoms. The number of halogens is 3. The van der Waals surface area contributed by atoms with E-state index in [-0.39, 0.29) is 22.1 Å². The number of nitrogens with one attached hydrogen (secondary N) is 2. The molecule has 5 nitrogen and oxygen atoms in total. The van der Waals surface area contributed by atoms with Crippen molar-refractivity contribution in [2.45, 2.75) is 0 Å². The molecule has 0 saturated heterocycles. The standard InChI is InChI=1S/C12H9BrClFN4O/c13-6-1-10(11(19-16)17-5-6)12(20)18-9-3-7(14)2-8(15)4-9/h1-5H,16H2,(H,17,19)(H,18,20). The van der Waals surface area contributed by atoms with Gasteiger partial charge < -0.3 is 10.7 Å². The predicted octanol–water partition coefficient (Wildman–Crippen LogP) is 3.17. The lowest BCUT2D eigenvalue weighted by molar-refractivity contribution is 0.102. The van der Waals surface area contributed by atoms with Crippen molar-refractivity contribution < 1.29 is 9.18 Å². The van der Waals surface area contributed by atoms with E-state index in [0.29, 0.717) is 4.47 Å². The van der Waals surface area contributed by atoms with Gasteiger partial charge in [0.1, 0.15) is 5.82 Å². The average Bonchev–Trinajstić information content (AvgIpc) is 2.37. The van der Waals surface area contributed by atoms with Gasteiger partial charge in [-0.3, -0.25) is 4.79 Å². The molecule has 1 amide bonds. The normalized spacial score (nSPS) is 10.2. The van der Waals surface area contributed by atoms with Gasteiger partial charge >= 0.3 is 0 Å². The van der Waals surface area contributed by atoms with Gasteiger partial charge in [-0.1, -0.05) is 11.6 Å². The van der Waals surface area contributed by atoms with Gasteiger partial charge in [0, 0.05) is 21.4 Å². The molecule has 0 fully saturated rings. The first-order chi connectivity index (χ1) is 9.49. The monoisotopic (exact) mass is 358 g/mol. The van der Waals surface area contributed by atoms with Crippen molar-refractivity contribution in [3.05, 3.63) is 51.3 Å². The Labute approximate surface area is 127 Å². The highest BCUT2D eigenvalue weighted by molar-refractivity contribution is 9.10. The molecule has 0 aliphatic heterocycles. The number of amides is 1. The van der Waals surface area contributed by atoms with E-state index < -0.39 is 11.7 Å². The van der Waals surface area contributed by atoms with Crippen LogP contribution in [-0.4, -0.2) is 10.9 Å². The number of aromatic nitrogens is 1. The maximum atomic E-state index is 13.2. The third kappa shape index (κ3) is 3.44. The number of benzene rings is 1. The number of carbonyl (C=O) groups excluding carboxylic acids is 1. The number of pyridine rings is 1. The fourth-order valence-electron chi connectivity index (χ4n) is 1.55. The van der Waals surface area contributed by atoms with Gasteiger partial charge in [-0.05, 0) is 40.2 Å². The number of hydrogen-bond donors (Lipinski definition) is 3. The fourth-order valence-corrected chi connectivity index (χ4v) is 2.10. The Bertz CT molecular complexity index is 648. The minimum atomic E-state index is -0.544. The van der Waals surface area contributed by atoms with Gasteiger partial charge in [-0.15, -0.1) is 0 Å². The van der Waals surface area contributed by atoms with E-state index in [1.807, 2.05) is 0 Å². The van der Waals surface area contributed by atoms with E-state index in [2.05, 4.69) is 31.7 Å². The van der Waals surface area contributed by atoms with Gasteiger partial charge in [0.05, 0.1) is 5.56 Å².